The van der Waals surface area contributed by atoms with Crippen molar-refractivity contribution in [3.63, 3.8) is 0 Å². The molecule has 0 bridgehead atoms. The van der Waals surface area contributed by atoms with E-state index < -0.39 is 0 Å². The molecule has 1 saturated carbocycles. The number of hydrogen-bond donors (Lipinski definition) is 1. The highest BCUT2D eigenvalue weighted by Gasteiger charge is 2.36. The molecule has 0 spiro atoms. The van der Waals surface area contributed by atoms with Crippen LogP contribution < -0.4 is 5.32 Å². The third kappa shape index (κ3) is 3.62. The molecule has 2 fully saturated rings. The minimum atomic E-state index is 0.0641. The number of nitrogens with one attached hydrogen (secondary N) is 1. The van der Waals surface area contributed by atoms with Crippen molar-refractivity contribution in [2.24, 2.45) is 0 Å². The van der Waals surface area contributed by atoms with Crippen LogP contribution in [0.4, 0.5) is 0 Å². The zero-order chi connectivity index (χ0) is 15.4. The predicted octanol–water partition coefficient (Wildman–Crippen LogP) is 0.777. The Hall–Kier alpha value is -1.53. The fourth-order valence-electron chi connectivity index (χ4n) is 3.66. The molecule has 1 saturated heterocycles. The van der Waals surface area contributed by atoms with E-state index in [1.54, 1.807) is 19.5 Å². The zero-order valence-corrected chi connectivity index (χ0v) is 13.1. The minimum Gasteiger partial charge on any atom is -0.380 e. The first kappa shape index (κ1) is 15.4. The van der Waals surface area contributed by atoms with Gasteiger partial charge in [-0.3, -0.25) is 9.69 Å². The first-order valence-electron chi connectivity index (χ1n) is 8.06. The number of hydrogen-bond acceptors (Lipinski definition) is 5. The summed E-state index contributed by atoms with van der Waals surface area (Å²) in [7, 11) is 1.78. The van der Waals surface area contributed by atoms with Crippen LogP contribution >= 0.6 is 0 Å². The van der Waals surface area contributed by atoms with Crippen LogP contribution in [0.1, 0.15) is 31.2 Å². The normalized spacial score (nSPS) is 28.9. The van der Waals surface area contributed by atoms with Gasteiger partial charge in [-0.25, -0.2) is 9.97 Å². The lowest BCUT2D eigenvalue weighted by atomic mass is 10.1. The number of rotatable bonds is 5. The van der Waals surface area contributed by atoms with Gasteiger partial charge in [-0.15, -0.1) is 0 Å². The molecular weight excluding hydrogens is 280 g/mol. The summed E-state index contributed by atoms with van der Waals surface area (Å²) < 4.78 is 5.45. The van der Waals surface area contributed by atoms with Crippen LogP contribution in [0.5, 0.6) is 0 Å². The molecule has 22 heavy (non-hydrogen) atoms. The van der Waals surface area contributed by atoms with Gasteiger partial charge in [0, 0.05) is 44.7 Å². The van der Waals surface area contributed by atoms with Crippen LogP contribution in [0.15, 0.2) is 18.7 Å². The van der Waals surface area contributed by atoms with E-state index in [1.165, 1.54) is 12.7 Å². The minimum absolute atomic E-state index is 0.0641. The second kappa shape index (κ2) is 7.15. The van der Waals surface area contributed by atoms with Gasteiger partial charge in [0.1, 0.15) is 6.33 Å². The fraction of sp³-hybridized carbons (Fsp3) is 0.688. The first-order valence-corrected chi connectivity index (χ1v) is 8.06. The topological polar surface area (TPSA) is 67.3 Å². The van der Waals surface area contributed by atoms with Gasteiger partial charge < -0.3 is 10.1 Å². The van der Waals surface area contributed by atoms with Gasteiger partial charge in [0.05, 0.1) is 12.5 Å². The van der Waals surface area contributed by atoms with E-state index >= 15 is 0 Å². The Balaban J connectivity index is 1.54. The molecule has 120 valence electrons. The molecule has 6 heteroatoms. The highest BCUT2D eigenvalue weighted by atomic mass is 16.5. The Morgan fingerprint density at radius 1 is 1.36 bits per heavy atom. The van der Waals surface area contributed by atoms with Crippen LogP contribution in [-0.2, 0) is 16.0 Å². The maximum absolute atomic E-state index is 12.2. The molecule has 1 N–H and O–H groups in total. The number of ether oxygens (including phenoxy) is 1. The van der Waals surface area contributed by atoms with Crippen molar-refractivity contribution in [3.05, 3.63) is 24.3 Å². The maximum atomic E-state index is 12.2. The van der Waals surface area contributed by atoms with E-state index in [4.69, 9.17) is 4.74 Å². The molecular formula is C16H24N4O2. The van der Waals surface area contributed by atoms with Gasteiger partial charge in [0.15, 0.2) is 0 Å². The van der Waals surface area contributed by atoms with Crippen LogP contribution in [0.2, 0.25) is 0 Å². The molecule has 6 nitrogen and oxygen atoms in total. The third-order valence-electron chi connectivity index (χ3n) is 4.78. The lowest BCUT2D eigenvalue weighted by Crippen LogP contribution is -2.48. The van der Waals surface area contributed by atoms with E-state index in [-0.39, 0.29) is 11.9 Å². The molecule has 1 aliphatic carbocycles. The standard InChI is InChI=1S/C16H24N4O2/c1-22-13-5-6-20(10-13)15-4-2-3-14(15)19-16(21)7-12-8-17-11-18-9-12/h8-9,11,13-15H,2-7,10H2,1H3,(H,19,21)/t13?,14-,15+/m1/s1. The van der Waals surface area contributed by atoms with Gasteiger partial charge in [-0.05, 0) is 31.2 Å². The highest BCUT2D eigenvalue weighted by molar-refractivity contribution is 5.78. The van der Waals surface area contributed by atoms with E-state index in [9.17, 15) is 4.79 Å². The molecule has 1 aliphatic heterocycles. The van der Waals surface area contributed by atoms with Gasteiger partial charge in [-0.2, -0.15) is 0 Å². The molecule has 1 aromatic heterocycles. The second-order valence-corrected chi connectivity index (χ2v) is 6.24. The number of carbonyl (C=O) groups excluding carboxylic acids is 1. The van der Waals surface area contributed by atoms with E-state index in [0.717, 1.165) is 37.9 Å². The molecule has 1 aromatic rings. The van der Waals surface area contributed by atoms with Gasteiger partial charge in [0.2, 0.25) is 5.91 Å². The predicted molar refractivity (Wildman–Crippen MR) is 82.3 cm³/mol. The Bertz CT molecular complexity index is 496. The van der Waals surface area contributed by atoms with Crippen LogP contribution in [0, 0.1) is 0 Å². The average Bonchev–Trinajstić information content (AvgIpc) is 3.16. The fourth-order valence-corrected chi connectivity index (χ4v) is 3.66. The van der Waals surface area contributed by atoms with Crippen molar-refractivity contribution in [1.82, 2.24) is 20.2 Å². The Kier molecular flexibility index (Phi) is 5.00. The summed E-state index contributed by atoms with van der Waals surface area (Å²) >= 11 is 0. The summed E-state index contributed by atoms with van der Waals surface area (Å²) in [4.78, 5) is 22.6. The molecule has 1 amide bonds. The van der Waals surface area contributed by atoms with Crippen molar-refractivity contribution in [3.8, 4) is 0 Å². The monoisotopic (exact) mass is 304 g/mol. The summed E-state index contributed by atoms with van der Waals surface area (Å²) in [6.07, 6.45) is 10.1. The van der Waals surface area contributed by atoms with Gasteiger partial charge in [0.25, 0.3) is 0 Å². The lowest BCUT2D eigenvalue weighted by Gasteiger charge is -2.30. The number of nitrogens with zero attached hydrogens (tertiary/aromatic N) is 3. The van der Waals surface area contributed by atoms with Crippen LogP contribution in [0.3, 0.4) is 0 Å². The summed E-state index contributed by atoms with van der Waals surface area (Å²) in [5.41, 5.74) is 0.857. The smallest absolute Gasteiger partial charge is 0.224 e. The molecule has 1 unspecified atom stereocenters. The summed E-state index contributed by atoms with van der Waals surface area (Å²) in [6, 6.07) is 0.712. The SMILES string of the molecule is COC1CCN([C@H]2CCC[C@H]2NC(=O)Cc2cncnc2)C1. The molecule has 2 aliphatic rings. The van der Waals surface area contributed by atoms with Crippen molar-refractivity contribution in [2.45, 2.75) is 50.3 Å². The average molecular weight is 304 g/mol. The number of carbonyl (C=O) groups is 1. The summed E-state index contributed by atoms with van der Waals surface area (Å²) in [5, 5.41) is 3.21. The highest BCUT2D eigenvalue weighted by Crippen LogP contribution is 2.28. The molecule has 0 radical (unpaired) electrons. The maximum Gasteiger partial charge on any atom is 0.224 e. The van der Waals surface area contributed by atoms with Crippen molar-refractivity contribution < 1.29 is 9.53 Å². The van der Waals surface area contributed by atoms with Crippen molar-refractivity contribution in [2.75, 3.05) is 20.2 Å². The third-order valence-corrected chi connectivity index (χ3v) is 4.78. The Morgan fingerprint density at radius 3 is 2.91 bits per heavy atom. The molecule has 0 aromatic carbocycles. The quantitative estimate of drug-likeness (QED) is 0.870. The van der Waals surface area contributed by atoms with Gasteiger partial charge in [-0.1, -0.05) is 0 Å². The second-order valence-electron chi connectivity index (χ2n) is 6.24. The van der Waals surface area contributed by atoms with Gasteiger partial charge >= 0.3 is 0 Å². The summed E-state index contributed by atoms with van der Waals surface area (Å²) in [5.74, 6) is 0.0641. The Morgan fingerprint density at radius 2 is 2.18 bits per heavy atom. The van der Waals surface area contributed by atoms with E-state index in [0.29, 0.717) is 18.6 Å². The molecule has 2 heterocycles. The van der Waals surface area contributed by atoms with Crippen molar-refractivity contribution in [1.29, 1.82) is 0 Å². The van der Waals surface area contributed by atoms with E-state index in [1.807, 2.05) is 0 Å². The Labute approximate surface area is 131 Å². The van der Waals surface area contributed by atoms with Crippen molar-refractivity contribution >= 4 is 5.91 Å². The zero-order valence-electron chi connectivity index (χ0n) is 13.1. The van der Waals surface area contributed by atoms with Crippen LogP contribution in [0.25, 0.3) is 0 Å². The molecule has 3 atom stereocenters. The number of aromatic nitrogens is 2. The van der Waals surface area contributed by atoms with E-state index in [2.05, 4.69) is 20.2 Å². The first-order chi connectivity index (χ1) is 10.8. The summed E-state index contributed by atoms with van der Waals surface area (Å²) in [6.45, 7) is 2.06. The number of likely N-dealkylation sites (tertiary alicyclic amines) is 1. The lowest BCUT2D eigenvalue weighted by molar-refractivity contribution is -0.121. The number of amides is 1. The molecule has 3 rings (SSSR count). The van der Waals surface area contributed by atoms with Crippen LogP contribution in [-0.4, -0.2) is 59.2 Å². The number of methoxy groups -OCH3 is 1. The largest absolute Gasteiger partial charge is 0.380 e.